The second-order valence-electron chi connectivity index (χ2n) is 5.22. The number of carbonyl (C=O) groups is 2. The number of hydrogen-bond donors (Lipinski definition) is 4. The van der Waals surface area contributed by atoms with Gasteiger partial charge in [0.1, 0.15) is 17.7 Å². The molecule has 0 spiro atoms. The first-order valence-corrected chi connectivity index (χ1v) is 7.07. The Morgan fingerprint density at radius 3 is 2.52 bits per heavy atom. The van der Waals surface area contributed by atoms with Crippen molar-refractivity contribution >= 4 is 29.1 Å². The number of anilines is 3. The van der Waals surface area contributed by atoms with Gasteiger partial charge in [-0.25, -0.2) is 4.98 Å². The van der Waals surface area contributed by atoms with Crippen LogP contribution in [0.1, 0.15) is 22.8 Å². The number of nitrogens with two attached hydrogens (primary N) is 2. The summed E-state index contributed by atoms with van der Waals surface area (Å²) in [7, 11) is 0. The van der Waals surface area contributed by atoms with Crippen molar-refractivity contribution in [1.29, 1.82) is 0 Å². The molecule has 1 aromatic carbocycles. The second-order valence-corrected chi connectivity index (χ2v) is 5.22. The zero-order valence-corrected chi connectivity index (χ0v) is 13.0. The van der Waals surface area contributed by atoms with Crippen molar-refractivity contribution in [3.8, 4) is 0 Å². The van der Waals surface area contributed by atoms with E-state index >= 15 is 0 Å². The van der Waals surface area contributed by atoms with Gasteiger partial charge >= 0.3 is 0 Å². The van der Waals surface area contributed by atoms with Crippen molar-refractivity contribution in [2.24, 2.45) is 11.5 Å². The van der Waals surface area contributed by atoms with Gasteiger partial charge in [-0.2, -0.15) is 0 Å². The predicted molar refractivity (Wildman–Crippen MR) is 89.5 cm³/mol. The lowest BCUT2D eigenvalue weighted by molar-refractivity contribution is -0.118. The van der Waals surface area contributed by atoms with Crippen LogP contribution in [-0.4, -0.2) is 22.8 Å². The summed E-state index contributed by atoms with van der Waals surface area (Å²) in [5.41, 5.74) is 12.7. The Morgan fingerprint density at radius 2 is 1.91 bits per heavy atom. The number of nitrogens with one attached hydrogen (secondary N) is 2. The molecule has 7 heteroatoms. The molecule has 1 heterocycles. The number of nitrogens with zero attached hydrogens (tertiary/aromatic N) is 1. The standard InChI is InChI=1S/C16H19N5O2/c1-9-4-3-5-11(8-9)20-16-12(15(18)23)6-7-13(21-16)19-10(2)14(17)22/h3-8,10H,1-2H3,(H2,17,22)(H2,18,23)(H2,19,20,21). The van der Waals surface area contributed by atoms with Crippen LogP contribution in [0, 0.1) is 6.92 Å². The maximum Gasteiger partial charge on any atom is 0.252 e. The van der Waals surface area contributed by atoms with Crippen LogP contribution in [0.5, 0.6) is 0 Å². The summed E-state index contributed by atoms with van der Waals surface area (Å²) in [4.78, 5) is 27.0. The zero-order valence-electron chi connectivity index (χ0n) is 13.0. The number of rotatable bonds is 6. The fraction of sp³-hybridized carbons (Fsp3) is 0.188. The molecule has 2 rings (SSSR count). The van der Waals surface area contributed by atoms with Crippen molar-refractivity contribution in [2.45, 2.75) is 19.9 Å². The minimum atomic E-state index is -0.595. The van der Waals surface area contributed by atoms with E-state index in [0.29, 0.717) is 11.6 Å². The van der Waals surface area contributed by atoms with Crippen LogP contribution >= 0.6 is 0 Å². The first-order chi connectivity index (χ1) is 10.9. The van der Waals surface area contributed by atoms with E-state index in [0.717, 1.165) is 11.3 Å². The SMILES string of the molecule is Cc1cccc(Nc2nc(NC(C)C(N)=O)ccc2C(N)=O)c1. The molecule has 0 aliphatic rings. The minimum Gasteiger partial charge on any atom is -0.368 e. The van der Waals surface area contributed by atoms with Crippen LogP contribution < -0.4 is 22.1 Å². The zero-order chi connectivity index (χ0) is 17.0. The number of pyridine rings is 1. The molecule has 2 amide bonds. The third-order valence-electron chi connectivity index (χ3n) is 3.23. The molecule has 120 valence electrons. The quantitative estimate of drug-likeness (QED) is 0.644. The third kappa shape index (κ3) is 4.19. The fourth-order valence-corrected chi connectivity index (χ4v) is 1.99. The molecule has 23 heavy (non-hydrogen) atoms. The predicted octanol–water partition coefficient (Wildman–Crippen LogP) is 1.52. The fourth-order valence-electron chi connectivity index (χ4n) is 1.99. The molecule has 2 aromatic rings. The highest BCUT2D eigenvalue weighted by Crippen LogP contribution is 2.22. The summed E-state index contributed by atoms with van der Waals surface area (Å²) in [5.74, 6) is -0.373. The van der Waals surface area contributed by atoms with Gasteiger partial charge in [-0.05, 0) is 43.7 Å². The molecule has 7 nitrogen and oxygen atoms in total. The van der Waals surface area contributed by atoms with Crippen molar-refractivity contribution in [1.82, 2.24) is 4.98 Å². The summed E-state index contributed by atoms with van der Waals surface area (Å²) in [6.07, 6.45) is 0. The summed E-state index contributed by atoms with van der Waals surface area (Å²) in [5, 5.41) is 5.94. The maximum atomic E-state index is 11.6. The normalized spacial score (nSPS) is 11.6. The molecule has 0 aliphatic heterocycles. The Balaban J connectivity index is 2.34. The maximum absolute atomic E-state index is 11.6. The van der Waals surface area contributed by atoms with Crippen molar-refractivity contribution in [3.05, 3.63) is 47.5 Å². The van der Waals surface area contributed by atoms with Gasteiger partial charge in [0.25, 0.3) is 5.91 Å². The number of primary amides is 2. The first kappa shape index (κ1) is 16.3. The largest absolute Gasteiger partial charge is 0.368 e. The molecule has 1 aromatic heterocycles. The third-order valence-corrected chi connectivity index (χ3v) is 3.23. The smallest absolute Gasteiger partial charge is 0.252 e. The van der Waals surface area contributed by atoms with E-state index in [9.17, 15) is 9.59 Å². The lowest BCUT2D eigenvalue weighted by atomic mass is 10.2. The highest BCUT2D eigenvalue weighted by atomic mass is 16.1. The van der Waals surface area contributed by atoms with Crippen LogP contribution in [-0.2, 0) is 4.79 Å². The highest BCUT2D eigenvalue weighted by molar-refractivity contribution is 5.98. The lowest BCUT2D eigenvalue weighted by Crippen LogP contribution is -2.32. The van der Waals surface area contributed by atoms with Crippen LogP contribution in [0.4, 0.5) is 17.3 Å². The second kappa shape index (κ2) is 6.78. The van der Waals surface area contributed by atoms with E-state index in [1.807, 2.05) is 31.2 Å². The molecule has 0 saturated carbocycles. The number of carbonyl (C=O) groups excluding carboxylic acids is 2. The molecule has 0 aliphatic carbocycles. The Morgan fingerprint density at radius 1 is 1.17 bits per heavy atom. The Labute approximate surface area is 134 Å². The lowest BCUT2D eigenvalue weighted by Gasteiger charge is -2.14. The summed E-state index contributed by atoms with van der Waals surface area (Å²) >= 11 is 0. The number of benzene rings is 1. The van der Waals surface area contributed by atoms with Crippen LogP contribution in [0.25, 0.3) is 0 Å². The van der Waals surface area contributed by atoms with Gasteiger partial charge in [-0.1, -0.05) is 12.1 Å². The minimum absolute atomic E-state index is 0.254. The Bertz CT molecular complexity index is 745. The Kier molecular flexibility index (Phi) is 4.80. The molecule has 0 radical (unpaired) electrons. The number of amides is 2. The molecule has 0 bridgehead atoms. The van der Waals surface area contributed by atoms with Crippen LogP contribution in [0.15, 0.2) is 36.4 Å². The van der Waals surface area contributed by atoms with Crippen molar-refractivity contribution in [3.63, 3.8) is 0 Å². The molecule has 0 saturated heterocycles. The van der Waals surface area contributed by atoms with Gasteiger partial charge < -0.3 is 22.1 Å². The molecule has 0 fully saturated rings. The van der Waals surface area contributed by atoms with Gasteiger partial charge in [-0.15, -0.1) is 0 Å². The first-order valence-electron chi connectivity index (χ1n) is 7.07. The van der Waals surface area contributed by atoms with Crippen LogP contribution in [0.3, 0.4) is 0 Å². The summed E-state index contributed by atoms with van der Waals surface area (Å²) < 4.78 is 0. The average molecular weight is 313 g/mol. The topological polar surface area (TPSA) is 123 Å². The molecular formula is C16H19N5O2. The Hall–Kier alpha value is -3.09. The van der Waals surface area contributed by atoms with E-state index in [1.54, 1.807) is 19.1 Å². The number of hydrogen-bond acceptors (Lipinski definition) is 5. The molecule has 6 N–H and O–H groups in total. The van der Waals surface area contributed by atoms with E-state index < -0.39 is 17.9 Å². The van der Waals surface area contributed by atoms with Gasteiger partial charge in [0.15, 0.2) is 0 Å². The monoisotopic (exact) mass is 313 g/mol. The highest BCUT2D eigenvalue weighted by Gasteiger charge is 2.14. The van der Waals surface area contributed by atoms with E-state index in [2.05, 4.69) is 15.6 Å². The molecule has 1 atom stereocenters. The van der Waals surface area contributed by atoms with Gasteiger partial charge in [-0.3, -0.25) is 9.59 Å². The van der Waals surface area contributed by atoms with Gasteiger partial charge in [0.2, 0.25) is 5.91 Å². The number of aromatic nitrogens is 1. The molecule has 1 unspecified atom stereocenters. The van der Waals surface area contributed by atoms with Gasteiger partial charge in [0, 0.05) is 5.69 Å². The molecular weight excluding hydrogens is 294 g/mol. The van der Waals surface area contributed by atoms with E-state index in [4.69, 9.17) is 11.5 Å². The van der Waals surface area contributed by atoms with E-state index in [1.165, 1.54) is 0 Å². The van der Waals surface area contributed by atoms with Crippen molar-refractivity contribution < 1.29 is 9.59 Å². The number of aryl methyl sites for hydroxylation is 1. The van der Waals surface area contributed by atoms with E-state index in [-0.39, 0.29) is 5.56 Å². The van der Waals surface area contributed by atoms with Gasteiger partial charge in [0.05, 0.1) is 5.56 Å². The van der Waals surface area contributed by atoms with Crippen molar-refractivity contribution in [2.75, 3.05) is 10.6 Å². The van der Waals surface area contributed by atoms with Crippen LogP contribution in [0.2, 0.25) is 0 Å². The summed E-state index contributed by atoms with van der Waals surface area (Å²) in [6, 6.07) is 10.1. The average Bonchev–Trinajstić information content (AvgIpc) is 2.47. The summed E-state index contributed by atoms with van der Waals surface area (Å²) in [6.45, 7) is 3.58.